The zero-order valence-electron chi connectivity index (χ0n) is 17.4. The van der Waals surface area contributed by atoms with E-state index in [0.29, 0.717) is 12.0 Å². The van der Waals surface area contributed by atoms with Crippen molar-refractivity contribution in [3.8, 4) is 0 Å². The van der Waals surface area contributed by atoms with Crippen LogP contribution in [0.2, 0.25) is 0 Å². The van der Waals surface area contributed by atoms with Gasteiger partial charge in [-0.2, -0.15) is 0 Å². The van der Waals surface area contributed by atoms with E-state index in [1.807, 2.05) is 25.7 Å². The maximum Gasteiger partial charge on any atom is 0.410 e. The number of rotatable bonds is 3. The Kier molecular flexibility index (Phi) is 6.43. The predicted molar refractivity (Wildman–Crippen MR) is 109 cm³/mol. The summed E-state index contributed by atoms with van der Waals surface area (Å²) >= 11 is 0. The minimum absolute atomic E-state index is 0.173. The Balaban J connectivity index is 1.46. The maximum absolute atomic E-state index is 12.3. The van der Waals surface area contributed by atoms with E-state index in [9.17, 15) is 4.79 Å². The van der Waals surface area contributed by atoms with Crippen LogP contribution in [0.25, 0.3) is 0 Å². The number of piperidine rings is 1. The summed E-state index contributed by atoms with van der Waals surface area (Å²) in [5.74, 6) is 0.649. The van der Waals surface area contributed by atoms with Crippen molar-refractivity contribution >= 4 is 6.09 Å². The number of likely N-dealkylation sites (tertiary alicyclic amines) is 1. The molecule has 5 heteroatoms. The normalized spacial score (nSPS) is 25.4. The van der Waals surface area contributed by atoms with Crippen molar-refractivity contribution < 1.29 is 9.53 Å². The van der Waals surface area contributed by atoms with E-state index in [1.54, 1.807) is 0 Å². The van der Waals surface area contributed by atoms with Gasteiger partial charge in [-0.1, -0.05) is 37.3 Å². The van der Waals surface area contributed by atoms with E-state index < -0.39 is 5.60 Å². The van der Waals surface area contributed by atoms with Crippen LogP contribution in [0.15, 0.2) is 30.3 Å². The van der Waals surface area contributed by atoms with Crippen molar-refractivity contribution in [1.82, 2.24) is 14.7 Å². The lowest BCUT2D eigenvalue weighted by molar-refractivity contribution is -0.00230. The summed E-state index contributed by atoms with van der Waals surface area (Å²) in [4.78, 5) is 19.3. The number of nitrogens with zero attached hydrogens (tertiary/aromatic N) is 3. The molecule has 1 amide bonds. The molecule has 0 bridgehead atoms. The molecule has 0 radical (unpaired) electrons. The Bertz CT molecular complexity index is 606. The Morgan fingerprint density at radius 1 is 1.07 bits per heavy atom. The first-order valence-electron chi connectivity index (χ1n) is 10.3. The van der Waals surface area contributed by atoms with Crippen LogP contribution >= 0.6 is 0 Å². The van der Waals surface area contributed by atoms with Crippen LogP contribution in [0.3, 0.4) is 0 Å². The zero-order chi connectivity index (χ0) is 19.4. The highest BCUT2D eigenvalue weighted by Gasteiger charge is 2.34. The molecule has 2 unspecified atom stereocenters. The number of carbonyl (C=O) groups is 1. The molecule has 150 valence electrons. The molecule has 0 N–H and O–H groups in total. The molecule has 2 aliphatic heterocycles. The molecule has 2 fully saturated rings. The zero-order valence-corrected chi connectivity index (χ0v) is 17.4. The van der Waals surface area contributed by atoms with Crippen LogP contribution in [-0.2, 0) is 11.3 Å². The Labute approximate surface area is 164 Å². The molecule has 3 rings (SSSR count). The quantitative estimate of drug-likeness (QED) is 0.813. The standard InChI is InChI=1S/C22H35N3O2/c1-18-16-23(17-19-8-6-5-7-9-19)11-10-20(18)24-12-14-25(15-13-24)21(26)27-22(2,3)4/h5-9,18,20H,10-17H2,1-4H3. The van der Waals surface area contributed by atoms with Crippen LogP contribution in [0.5, 0.6) is 0 Å². The smallest absolute Gasteiger partial charge is 0.410 e. The van der Waals surface area contributed by atoms with Gasteiger partial charge in [0.2, 0.25) is 0 Å². The second-order valence-electron chi connectivity index (χ2n) is 9.06. The average Bonchev–Trinajstić information content (AvgIpc) is 2.61. The van der Waals surface area contributed by atoms with E-state index in [-0.39, 0.29) is 6.09 Å². The van der Waals surface area contributed by atoms with Gasteiger partial charge in [-0.15, -0.1) is 0 Å². The number of ether oxygens (including phenoxy) is 1. The molecule has 27 heavy (non-hydrogen) atoms. The third-order valence-corrected chi connectivity index (χ3v) is 5.63. The van der Waals surface area contributed by atoms with Crippen LogP contribution in [0.1, 0.15) is 39.7 Å². The summed E-state index contributed by atoms with van der Waals surface area (Å²) in [6, 6.07) is 11.4. The molecule has 0 aliphatic carbocycles. The predicted octanol–water partition coefficient (Wildman–Crippen LogP) is 3.45. The summed E-state index contributed by atoms with van der Waals surface area (Å²) < 4.78 is 5.51. The highest BCUT2D eigenvalue weighted by molar-refractivity contribution is 5.68. The van der Waals surface area contributed by atoms with Gasteiger partial charge in [0.05, 0.1) is 0 Å². The Morgan fingerprint density at radius 2 is 1.74 bits per heavy atom. The van der Waals surface area contributed by atoms with Gasteiger partial charge >= 0.3 is 6.09 Å². The first kappa shape index (κ1) is 20.2. The van der Waals surface area contributed by atoms with Crippen molar-refractivity contribution in [2.24, 2.45) is 5.92 Å². The molecule has 5 nitrogen and oxygen atoms in total. The van der Waals surface area contributed by atoms with E-state index in [2.05, 4.69) is 47.1 Å². The monoisotopic (exact) mass is 373 g/mol. The summed E-state index contributed by atoms with van der Waals surface area (Å²) in [5.41, 5.74) is 0.975. The summed E-state index contributed by atoms with van der Waals surface area (Å²) in [5, 5.41) is 0. The van der Waals surface area contributed by atoms with Gasteiger partial charge in [-0.25, -0.2) is 4.79 Å². The number of carbonyl (C=O) groups excluding carboxylic acids is 1. The number of hydrogen-bond acceptors (Lipinski definition) is 4. The summed E-state index contributed by atoms with van der Waals surface area (Å²) in [6.07, 6.45) is 1.04. The second-order valence-corrected chi connectivity index (χ2v) is 9.06. The molecule has 2 atom stereocenters. The van der Waals surface area contributed by atoms with E-state index in [4.69, 9.17) is 4.74 Å². The van der Waals surface area contributed by atoms with Gasteiger partial charge in [0.25, 0.3) is 0 Å². The Morgan fingerprint density at radius 3 is 2.33 bits per heavy atom. The molecular weight excluding hydrogens is 338 g/mol. The Hall–Kier alpha value is -1.59. The second kappa shape index (κ2) is 8.61. The van der Waals surface area contributed by atoms with Gasteiger partial charge in [-0.05, 0) is 45.2 Å². The number of piperazine rings is 1. The molecule has 1 aromatic carbocycles. The third-order valence-electron chi connectivity index (χ3n) is 5.63. The van der Waals surface area contributed by atoms with Gasteiger partial charge in [0.1, 0.15) is 5.60 Å². The molecule has 1 aromatic rings. The van der Waals surface area contributed by atoms with Crippen molar-refractivity contribution in [3.05, 3.63) is 35.9 Å². The molecule has 0 spiro atoms. The minimum Gasteiger partial charge on any atom is -0.444 e. The van der Waals surface area contributed by atoms with Crippen LogP contribution in [0, 0.1) is 5.92 Å². The first-order valence-corrected chi connectivity index (χ1v) is 10.3. The van der Waals surface area contributed by atoms with Crippen molar-refractivity contribution in [2.45, 2.75) is 52.3 Å². The fourth-order valence-electron chi connectivity index (χ4n) is 4.31. The number of amides is 1. The van der Waals surface area contributed by atoms with Gasteiger partial charge in [-0.3, -0.25) is 9.80 Å². The molecule has 2 aliphatic rings. The lowest BCUT2D eigenvalue weighted by atomic mass is 9.91. The van der Waals surface area contributed by atoms with Gasteiger partial charge in [0.15, 0.2) is 0 Å². The lowest BCUT2D eigenvalue weighted by Gasteiger charge is -2.45. The summed E-state index contributed by atoms with van der Waals surface area (Å²) in [6.45, 7) is 14.9. The highest BCUT2D eigenvalue weighted by atomic mass is 16.6. The number of hydrogen-bond donors (Lipinski definition) is 0. The minimum atomic E-state index is -0.422. The van der Waals surface area contributed by atoms with Crippen molar-refractivity contribution in [3.63, 3.8) is 0 Å². The van der Waals surface area contributed by atoms with Gasteiger partial charge < -0.3 is 9.64 Å². The van der Waals surface area contributed by atoms with Crippen LogP contribution in [0.4, 0.5) is 4.79 Å². The van der Waals surface area contributed by atoms with E-state index in [0.717, 1.165) is 45.8 Å². The van der Waals surface area contributed by atoms with E-state index >= 15 is 0 Å². The molecule has 2 heterocycles. The molecule has 2 saturated heterocycles. The van der Waals surface area contributed by atoms with Crippen molar-refractivity contribution in [2.75, 3.05) is 39.3 Å². The maximum atomic E-state index is 12.3. The third kappa shape index (κ3) is 5.69. The molecule has 0 saturated carbocycles. The topological polar surface area (TPSA) is 36.0 Å². The van der Waals surface area contributed by atoms with Crippen molar-refractivity contribution in [1.29, 1.82) is 0 Å². The average molecular weight is 374 g/mol. The van der Waals surface area contributed by atoms with Gasteiger partial charge in [0, 0.05) is 45.3 Å². The van der Waals surface area contributed by atoms with Crippen LogP contribution in [-0.4, -0.2) is 71.7 Å². The molecule has 0 aromatic heterocycles. The summed E-state index contributed by atoms with van der Waals surface area (Å²) in [7, 11) is 0. The largest absolute Gasteiger partial charge is 0.444 e. The fourth-order valence-corrected chi connectivity index (χ4v) is 4.31. The first-order chi connectivity index (χ1) is 12.8. The highest BCUT2D eigenvalue weighted by Crippen LogP contribution is 2.25. The molecular formula is C22H35N3O2. The SMILES string of the molecule is CC1CN(Cc2ccccc2)CCC1N1CCN(C(=O)OC(C)(C)C)CC1. The number of benzene rings is 1. The fraction of sp³-hybridized carbons (Fsp3) is 0.682. The van der Waals surface area contributed by atoms with E-state index in [1.165, 1.54) is 12.0 Å². The lowest BCUT2D eigenvalue weighted by Crippen LogP contribution is -2.57. The van der Waals surface area contributed by atoms with Crippen LogP contribution < -0.4 is 0 Å².